The van der Waals surface area contributed by atoms with Gasteiger partial charge in [-0.05, 0) is 53.0 Å². The highest BCUT2D eigenvalue weighted by Gasteiger charge is 2.22. The van der Waals surface area contributed by atoms with E-state index in [1.807, 2.05) is 13.1 Å². The number of nitrogens with one attached hydrogen (secondary N) is 2. The number of likely N-dealkylation sites (tertiary alicyclic amines) is 1. The van der Waals surface area contributed by atoms with Crippen LogP contribution in [0.4, 0.5) is 5.82 Å². The SMILES string of the molecule is CNC(C)(C)CNc1ccc(C2CCN(C)C2)nn1. The molecule has 1 atom stereocenters. The fourth-order valence-corrected chi connectivity index (χ4v) is 2.23. The van der Waals surface area contributed by atoms with E-state index in [9.17, 15) is 0 Å². The maximum atomic E-state index is 4.36. The fourth-order valence-electron chi connectivity index (χ4n) is 2.23. The van der Waals surface area contributed by atoms with E-state index in [1.165, 1.54) is 6.42 Å². The van der Waals surface area contributed by atoms with Crippen LogP contribution in [0.2, 0.25) is 0 Å². The third-order valence-corrected chi connectivity index (χ3v) is 3.88. The van der Waals surface area contributed by atoms with E-state index in [2.05, 4.69) is 52.7 Å². The largest absolute Gasteiger partial charge is 0.367 e. The lowest BCUT2D eigenvalue weighted by Gasteiger charge is -2.24. The lowest BCUT2D eigenvalue weighted by Crippen LogP contribution is -2.42. The van der Waals surface area contributed by atoms with E-state index in [4.69, 9.17) is 0 Å². The molecule has 0 amide bonds. The molecule has 5 heteroatoms. The van der Waals surface area contributed by atoms with E-state index in [1.54, 1.807) is 0 Å². The van der Waals surface area contributed by atoms with Crippen LogP contribution in [-0.2, 0) is 0 Å². The van der Waals surface area contributed by atoms with Crippen LogP contribution in [0, 0.1) is 0 Å². The smallest absolute Gasteiger partial charge is 0.148 e. The van der Waals surface area contributed by atoms with Gasteiger partial charge in [-0.2, -0.15) is 5.10 Å². The van der Waals surface area contributed by atoms with Crippen molar-refractivity contribution in [1.29, 1.82) is 0 Å². The summed E-state index contributed by atoms with van der Waals surface area (Å²) in [7, 11) is 4.12. The Bertz CT molecular complexity index is 401. The van der Waals surface area contributed by atoms with Crippen molar-refractivity contribution in [1.82, 2.24) is 20.4 Å². The molecule has 0 radical (unpaired) electrons. The van der Waals surface area contributed by atoms with Crippen molar-refractivity contribution < 1.29 is 0 Å². The number of hydrogen-bond donors (Lipinski definition) is 2. The highest BCUT2D eigenvalue weighted by molar-refractivity contribution is 5.34. The Morgan fingerprint density at radius 1 is 1.37 bits per heavy atom. The van der Waals surface area contributed by atoms with Gasteiger partial charge in [-0.3, -0.25) is 0 Å². The van der Waals surface area contributed by atoms with E-state index in [0.29, 0.717) is 5.92 Å². The van der Waals surface area contributed by atoms with Crippen LogP contribution in [0.25, 0.3) is 0 Å². The normalized spacial score (nSPS) is 20.7. The van der Waals surface area contributed by atoms with Gasteiger partial charge in [0, 0.05) is 24.5 Å². The van der Waals surface area contributed by atoms with Crippen molar-refractivity contribution in [3.05, 3.63) is 17.8 Å². The fraction of sp³-hybridized carbons (Fsp3) is 0.714. The zero-order valence-electron chi connectivity index (χ0n) is 12.4. The van der Waals surface area contributed by atoms with Crippen molar-refractivity contribution in [2.45, 2.75) is 31.7 Å². The minimum Gasteiger partial charge on any atom is -0.367 e. The summed E-state index contributed by atoms with van der Waals surface area (Å²) in [6.07, 6.45) is 1.19. The molecule has 1 aliphatic heterocycles. The molecule has 1 saturated heterocycles. The second-order valence-corrected chi connectivity index (χ2v) is 6.08. The summed E-state index contributed by atoms with van der Waals surface area (Å²) in [6.45, 7) is 7.37. The van der Waals surface area contributed by atoms with Crippen LogP contribution < -0.4 is 10.6 Å². The van der Waals surface area contributed by atoms with Gasteiger partial charge < -0.3 is 15.5 Å². The van der Waals surface area contributed by atoms with E-state index >= 15 is 0 Å². The van der Waals surface area contributed by atoms with Crippen LogP contribution in [0.3, 0.4) is 0 Å². The van der Waals surface area contributed by atoms with Crippen molar-refractivity contribution >= 4 is 5.82 Å². The Balaban J connectivity index is 1.91. The van der Waals surface area contributed by atoms with Gasteiger partial charge in [0.2, 0.25) is 0 Å². The first kappa shape index (κ1) is 14.2. The molecular weight excluding hydrogens is 238 g/mol. The molecule has 1 fully saturated rings. The van der Waals surface area contributed by atoms with Gasteiger partial charge >= 0.3 is 0 Å². The van der Waals surface area contributed by atoms with E-state index < -0.39 is 0 Å². The van der Waals surface area contributed by atoms with Crippen molar-refractivity contribution in [3.63, 3.8) is 0 Å². The second kappa shape index (κ2) is 5.84. The molecule has 2 heterocycles. The summed E-state index contributed by atoms with van der Waals surface area (Å²) in [5, 5.41) is 15.2. The molecule has 1 aromatic rings. The molecule has 106 valence electrons. The quantitative estimate of drug-likeness (QED) is 0.839. The van der Waals surface area contributed by atoms with Gasteiger partial charge in [-0.1, -0.05) is 0 Å². The number of nitrogens with zero attached hydrogens (tertiary/aromatic N) is 3. The average molecular weight is 263 g/mol. The lowest BCUT2D eigenvalue weighted by atomic mass is 10.0. The second-order valence-electron chi connectivity index (χ2n) is 6.08. The van der Waals surface area contributed by atoms with Crippen molar-refractivity contribution in [2.75, 3.05) is 39.0 Å². The van der Waals surface area contributed by atoms with Crippen LogP contribution in [-0.4, -0.2) is 54.4 Å². The Labute approximate surface area is 115 Å². The van der Waals surface area contributed by atoms with Gasteiger partial charge in [0.1, 0.15) is 5.82 Å². The number of likely N-dealkylation sites (N-methyl/N-ethyl adjacent to an activating group) is 2. The molecule has 19 heavy (non-hydrogen) atoms. The third kappa shape index (κ3) is 3.88. The molecule has 1 unspecified atom stereocenters. The highest BCUT2D eigenvalue weighted by Crippen LogP contribution is 2.24. The molecule has 2 rings (SSSR count). The van der Waals surface area contributed by atoms with Gasteiger partial charge in [0.15, 0.2) is 0 Å². The minimum atomic E-state index is 0.0501. The average Bonchev–Trinajstić information content (AvgIpc) is 2.84. The van der Waals surface area contributed by atoms with Crippen LogP contribution >= 0.6 is 0 Å². The predicted octanol–water partition coefficient (Wildman–Crippen LogP) is 1.31. The van der Waals surface area contributed by atoms with Gasteiger partial charge in [0.25, 0.3) is 0 Å². The molecule has 0 saturated carbocycles. The Kier molecular flexibility index (Phi) is 4.37. The zero-order valence-corrected chi connectivity index (χ0v) is 12.4. The Hall–Kier alpha value is -1.20. The monoisotopic (exact) mass is 263 g/mol. The van der Waals surface area contributed by atoms with E-state index in [0.717, 1.165) is 31.1 Å². The van der Waals surface area contributed by atoms with Gasteiger partial charge in [-0.15, -0.1) is 5.10 Å². The number of anilines is 1. The van der Waals surface area contributed by atoms with Crippen LogP contribution in [0.1, 0.15) is 31.9 Å². The summed E-state index contributed by atoms with van der Waals surface area (Å²) in [5.41, 5.74) is 1.16. The van der Waals surface area contributed by atoms with Crippen molar-refractivity contribution in [2.24, 2.45) is 0 Å². The van der Waals surface area contributed by atoms with Crippen LogP contribution in [0.15, 0.2) is 12.1 Å². The lowest BCUT2D eigenvalue weighted by molar-refractivity contribution is 0.410. The molecule has 0 aromatic carbocycles. The summed E-state index contributed by atoms with van der Waals surface area (Å²) < 4.78 is 0. The first-order chi connectivity index (χ1) is 9.00. The third-order valence-electron chi connectivity index (χ3n) is 3.88. The highest BCUT2D eigenvalue weighted by atomic mass is 15.2. The first-order valence-electron chi connectivity index (χ1n) is 6.95. The topological polar surface area (TPSA) is 53.1 Å². The zero-order chi connectivity index (χ0) is 13.9. The summed E-state index contributed by atoms with van der Waals surface area (Å²) >= 11 is 0. The molecule has 2 N–H and O–H groups in total. The maximum absolute atomic E-state index is 4.36. The van der Waals surface area contributed by atoms with Crippen LogP contribution in [0.5, 0.6) is 0 Å². The molecule has 1 aliphatic rings. The van der Waals surface area contributed by atoms with Crippen molar-refractivity contribution in [3.8, 4) is 0 Å². The number of rotatable bonds is 5. The Morgan fingerprint density at radius 3 is 2.68 bits per heavy atom. The minimum absolute atomic E-state index is 0.0501. The maximum Gasteiger partial charge on any atom is 0.148 e. The summed E-state index contributed by atoms with van der Waals surface area (Å²) in [6, 6.07) is 4.14. The van der Waals surface area contributed by atoms with Gasteiger partial charge in [-0.25, -0.2) is 0 Å². The molecular formula is C14H25N5. The summed E-state index contributed by atoms with van der Waals surface area (Å²) in [4.78, 5) is 2.34. The van der Waals surface area contributed by atoms with E-state index in [-0.39, 0.29) is 5.54 Å². The molecule has 0 bridgehead atoms. The molecule has 0 spiro atoms. The van der Waals surface area contributed by atoms with Gasteiger partial charge in [0.05, 0.1) is 5.69 Å². The predicted molar refractivity (Wildman–Crippen MR) is 78.5 cm³/mol. The standard InChI is InChI=1S/C14H25N5/c1-14(2,15-3)10-16-13-6-5-12(17-18-13)11-7-8-19(4)9-11/h5-6,11,15H,7-10H2,1-4H3,(H,16,18). The first-order valence-corrected chi connectivity index (χ1v) is 6.95. The Morgan fingerprint density at radius 2 is 2.16 bits per heavy atom. The molecule has 0 aliphatic carbocycles. The summed E-state index contributed by atoms with van der Waals surface area (Å²) in [5.74, 6) is 1.39. The number of aromatic nitrogens is 2. The number of hydrogen-bond acceptors (Lipinski definition) is 5. The molecule has 5 nitrogen and oxygen atoms in total. The molecule has 1 aromatic heterocycles.